The zero-order valence-corrected chi connectivity index (χ0v) is 11.9. The fourth-order valence-corrected chi connectivity index (χ4v) is 2.14. The van der Waals surface area contributed by atoms with Gasteiger partial charge in [-0.2, -0.15) is 0 Å². The first-order chi connectivity index (χ1) is 8.66. The predicted molar refractivity (Wildman–Crippen MR) is 74.7 cm³/mol. The second-order valence-electron chi connectivity index (χ2n) is 5.20. The van der Waals surface area contributed by atoms with Gasteiger partial charge in [0.25, 0.3) is 0 Å². The maximum atomic E-state index is 10.3. The highest BCUT2D eigenvalue weighted by molar-refractivity contribution is 5.66. The topological polar surface area (TPSA) is 57.5 Å². The van der Waals surface area contributed by atoms with E-state index in [4.69, 9.17) is 5.11 Å². The number of carboxylic acid groups (broad SMARTS) is 1. The highest BCUT2D eigenvalue weighted by atomic mass is 16.4. The third-order valence-corrected chi connectivity index (χ3v) is 3.32. The van der Waals surface area contributed by atoms with Crippen LogP contribution >= 0.6 is 0 Å². The van der Waals surface area contributed by atoms with E-state index in [2.05, 4.69) is 6.92 Å². The molecule has 0 aromatic heterocycles. The standard InChI is InChI=1S/C15H30O3/c1-2-3-8-11-14(16)12-9-6-4-5-7-10-13-15(17)18/h14,16H,2-13H2,1H3,(H,17,18). The van der Waals surface area contributed by atoms with E-state index in [1.165, 1.54) is 19.3 Å². The second kappa shape index (κ2) is 12.9. The molecule has 0 amide bonds. The van der Waals surface area contributed by atoms with Crippen molar-refractivity contribution in [2.75, 3.05) is 0 Å². The van der Waals surface area contributed by atoms with Gasteiger partial charge in [-0.15, -0.1) is 0 Å². The van der Waals surface area contributed by atoms with Gasteiger partial charge in [-0.25, -0.2) is 0 Å². The van der Waals surface area contributed by atoms with E-state index in [9.17, 15) is 9.90 Å². The zero-order valence-electron chi connectivity index (χ0n) is 11.9. The summed E-state index contributed by atoms with van der Waals surface area (Å²) in [5.74, 6) is -0.690. The van der Waals surface area contributed by atoms with Crippen LogP contribution in [0.1, 0.15) is 84.0 Å². The minimum absolute atomic E-state index is 0.108. The van der Waals surface area contributed by atoms with Crippen LogP contribution in [0.5, 0.6) is 0 Å². The Bertz CT molecular complexity index is 192. The highest BCUT2D eigenvalue weighted by Gasteiger charge is 2.03. The molecular weight excluding hydrogens is 228 g/mol. The number of carbonyl (C=O) groups is 1. The van der Waals surface area contributed by atoms with Gasteiger partial charge < -0.3 is 10.2 Å². The fourth-order valence-electron chi connectivity index (χ4n) is 2.14. The molecule has 0 radical (unpaired) electrons. The molecule has 0 aliphatic carbocycles. The third-order valence-electron chi connectivity index (χ3n) is 3.32. The molecule has 0 aliphatic heterocycles. The van der Waals surface area contributed by atoms with Gasteiger partial charge in [0.2, 0.25) is 0 Å². The summed E-state index contributed by atoms with van der Waals surface area (Å²) in [7, 11) is 0. The van der Waals surface area contributed by atoms with E-state index in [-0.39, 0.29) is 6.10 Å². The molecule has 0 saturated carbocycles. The Kier molecular flexibility index (Phi) is 12.5. The molecule has 3 heteroatoms. The molecule has 0 heterocycles. The molecule has 0 saturated heterocycles. The Morgan fingerprint density at radius 1 is 0.889 bits per heavy atom. The number of rotatable bonds is 13. The van der Waals surface area contributed by atoms with Crippen LogP contribution < -0.4 is 0 Å². The van der Waals surface area contributed by atoms with E-state index >= 15 is 0 Å². The van der Waals surface area contributed by atoms with E-state index in [1.807, 2.05) is 0 Å². The quantitative estimate of drug-likeness (QED) is 0.488. The Morgan fingerprint density at radius 2 is 1.39 bits per heavy atom. The third kappa shape index (κ3) is 13.5. The van der Waals surface area contributed by atoms with Crippen molar-refractivity contribution in [3.05, 3.63) is 0 Å². The van der Waals surface area contributed by atoms with Crippen molar-refractivity contribution in [1.29, 1.82) is 0 Å². The number of hydrogen-bond acceptors (Lipinski definition) is 2. The first-order valence-corrected chi connectivity index (χ1v) is 7.56. The molecule has 3 nitrogen and oxygen atoms in total. The van der Waals surface area contributed by atoms with Gasteiger partial charge in [0.15, 0.2) is 0 Å². The fraction of sp³-hybridized carbons (Fsp3) is 0.933. The smallest absolute Gasteiger partial charge is 0.303 e. The largest absolute Gasteiger partial charge is 0.481 e. The summed E-state index contributed by atoms with van der Waals surface area (Å²) in [6.07, 6.45) is 12.0. The number of unbranched alkanes of at least 4 members (excludes halogenated alkanes) is 7. The van der Waals surface area contributed by atoms with Crippen LogP contribution in [0.4, 0.5) is 0 Å². The first kappa shape index (κ1) is 17.4. The van der Waals surface area contributed by atoms with Gasteiger partial charge in [0, 0.05) is 6.42 Å². The van der Waals surface area contributed by atoms with Crippen LogP contribution in [0.3, 0.4) is 0 Å². The lowest BCUT2D eigenvalue weighted by Gasteiger charge is -2.09. The van der Waals surface area contributed by atoms with Crippen LogP contribution in [0.25, 0.3) is 0 Å². The number of carboxylic acids is 1. The van der Waals surface area contributed by atoms with Crippen molar-refractivity contribution in [3.63, 3.8) is 0 Å². The highest BCUT2D eigenvalue weighted by Crippen LogP contribution is 2.13. The van der Waals surface area contributed by atoms with Crippen LogP contribution in [0.15, 0.2) is 0 Å². The molecule has 0 aromatic carbocycles. The maximum Gasteiger partial charge on any atom is 0.303 e. The normalized spacial score (nSPS) is 12.6. The molecule has 0 fully saturated rings. The lowest BCUT2D eigenvalue weighted by atomic mass is 10.0. The molecule has 0 spiro atoms. The van der Waals surface area contributed by atoms with E-state index in [1.54, 1.807) is 0 Å². The van der Waals surface area contributed by atoms with Gasteiger partial charge in [-0.1, -0.05) is 58.3 Å². The van der Waals surface area contributed by atoms with Crippen LogP contribution in [-0.4, -0.2) is 22.3 Å². The summed E-state index contributed by atoms with van der Waals surface area (Å²) < 4.78 is 0. The summed E-state index contributed by atoms with van der Waals surface area (Å²) in [5.41, 5.74) is 0. The average molecular weight is 258 g/mol. The number of hydrogen-bond donors (Lipinski definition) is 2. The molecule has 1 atom stereocenters. The summed E-state index contributed by atoms with van der Waals surface area (Å²) in [4.78, 5) is 10.3. The Labute approximate surface area is 112 Å². The molecule has 0 aliphatic rings. The summed E-state index contributed by atoms with van der Waals surface area (Å²) in [6, 6.07) is 0. The number of aliphatic carboxylic acids is 1. The van der Waals surface area contributed by atoms with Crippen molar-refractivity contribution < 1.29 is 15.0 Å². The predicted octanol–water partition coefficient (Wildman–Crippen LogP) is 4.13. The minimum atomic E-state index is -0.690. The van der Waals surface area contributed by atoms with E-state index in [0.29, 0.717) is 6.42 Å². The SMILES string of the molecule is CCCCCC(O)CCCCCCCCC(=O)O. The first-order valence-electron chi connectivity index (χ1n) is 7.56. The lowest BCUT2D eigenvalue weighted by molar-refractivity contribution is -0.137. The van der Waals surface area contributed by atoms with Crippen molar-refractivity contribution in [1.82, 2.24) is 0 Å². The van der Waals surface area contributed by atoms with Gasteiger partial charge >= 0.3 is 5.97 Å². The molecule has 0 aromatic rings. The molecule has 1 unspecified atom stereocenters. The van der Waals surface area contributed by atoms with Gasteiger partial charge in [0.1, 0.15) is 0 Å². The lowest BCUT2D eigenvalue weighted by Crippen LogP contribution is -2.05. The average Bonchev–Trinajstić information content (AvgIpc) is 2.32. The molecule has 0 rings (SSSR count). The summed E-state index contributed by atoms with van der Waals surface area (Å²) in [5, 5.41) is 18.2. The minimum Gasteiger partial charge on any atom is -0.481 e. The van der Waals surface area contributed by atoms with Crippen molar-refractivity contribution in [3.8, 4) is 0 Å². The van der Waals surface area contributed by atoms with Crippen molar-refractivity contribution >= 4 is 5.97 Å². The Hall–Kier alpha value is -0.570. The van der Waals surface area contributed by atoms with Crippen LogP contribution in [0, 0.1) is 0 Å². The molecule has 18 heavy (non-hydrogen) atoms. The Balaban J connectivity index is 3.12. The zero-order chi connectivity index (χ0) is 13.6. The molecule has 108 valence electrons. The van der Waals surface area contributed by atoms with Crippen molar-refractivity contribution in [2.45, 2.75) is 90.1 Å². The van der Waals surface area contributed by atoms with Crippen LogP contribution in [-0.2, 0) is 4.79 Å². The number of aliphatic hydroxyl groups is 1. The molecule has 0 bridgehead atoms. The van der Waals surface area contributed by atoms with Gasteiger partial charge in [0.05, 0.1) is 6.10 Å². The van der Waals surface area contributed by atoms with E-state index < -0.39 is 5.97 Å². The van der Waals surface area contributed by atoms with Crippen LogP contribution in [0.2, 0.25) is 0 Å². The van der Waals surface area contributed by atoms with E-state index in [0.717, 1.165) is 51.4 Å². The van der Waals surface area contributed by atoms with Crippen molar-refractivity contribution in [2.24, 2.45) is 0 Å². The Morgan fingerprint density at radius 3 is 1.94 bits per heavy atom. The molecule has 2 N–H and O–H groups in total. The summed E-state index contributed by atoms with van der Waals surface area (Å²) in [6.45, 7) is 2.18. The van der Waals surface area contributed by atoms with Gasteiger partial charge in [-0.05, 0) is 19.3 Å². The molecular formula is C15H30O3. The number of aliphatic hydroxyl groups excluding tert-OH is 1. The monoisotopic (exact) mass is 258 g/mol. The maximum absolute atomic E-state index is 10.3. The summed E-state index contributed by atoms with van der Waals surface area (Å²) >= 11 is 0. The second-order valence-corrected chi connectivity index (χ2v) is 5.20. The van der Waals surface area contributed by atoms with Gasteiger partial charge in [-0.3, -0.25) is 4.79 Å².